The lowest BCUT2D eigenvalue weighted by Crippen LogP contribution is -2.44. The zero-order valence-corrected chi connectivity index (χ0v) is 18.2. The Bertz CT molecular complexity index is 999. The van der Waals surface area contributed by atoms with E-state index in [1.54, 1.807) is 6.07 Å². The van der Waals surface area contributed by atoms with Crippen LogP contribution in [0.3, 0.4) is 0 Å². The number of hydrogen-bond donors (Lipinski definition) is 2. The third-order valence-corrected chi connectivity index (χ3v) is 5.72. The van der Waals surface area contributed by atoms with E-state index < -0.39 is 35.7 Å². The summed E-state index contributed by atoms with van der Waals surface area (Å²) in [6.45, 7) is 1.34. The van der Waals surface area contributed by atoms with Crippen molar-refractivity contribution in [3.05, 3.63) is 70.5 Å². The maximum absolute atomic E-state index is 13.2. The quantitative estimate of drug-likeness (QED) is 0.641. The van der Waals surface area contributed by atoms with Gasteiger partial charge in [0.25, 0.3) is 5.91 Å². The predicted octanol–water partition coefficient (Wildman–Crippen LogP) is 2.67. The highest BCUT2D eigenvalue weighted by molar-refractivity contribution is 6.31. The Morgan fingerprint density at radius 1 is 1.19 bits per heavy atom. The molecule has 1 heterocycles. The first-order valence-corrected chi connectivity index (χ1v) is 10.1. The van der Waals surface area contributed by atoms with Crippen molar-refractivity contribution in [2.24, 2.45) is 0 Å². The van der Waals surface area contributed by atoms with Gasteiger partial charge in [0.05, 0.1) is 6.04 Å². The van der Waals surface area contributed by atoms with E-state index in [-0.39, 0.29) is 12.6 Å². The number of nitrogens with one attached hydrogen (secondary N) is 2. The fraction of sp³-hybridized carbons (Fsp3) is 0.318. The summed E-state index contributed by atoms with van der Waals surface area (Å²) in [5.41, 5.74) is -0.0793. The SMILES string of the molecule is CN(C)C(CNC(=O)CN1C(=O)NC(C)(c2ccc(F)cc2)C1=O)c1ccccc1Cl. The van der Waals surface area contributed by atoms with E-state index >= 15 is 0 Å². The molecule has 164 valence electrons. The molecule has 3 rings (SSSR count). The second-order valence-electron chi connectivity index (χ2n) is 7.76. The first kappa shape index (κ1) is 22.7. The van der Waals surface area contributed by atoms with Crippen LogP contribution in [0, 0.1) is 5.82 Å². The molecule has 31 heavy (non-hydrogen) atoms. The monoisotopic (exact) mass is 446 g/mol. The van der Waals surface area contributed by atoms with Crippen molar-refractivity contribution < 1.29 is 18.8 Å². The van der Waals surface area contributed by atoms with E-state index in [0.717, 1.165) is 10.5 Å². The molecule has 1 saturated heterocycles. The second-order valence-corrected chi connectivity index (χ2v) is 8.17. The molecule has 2 N–H and O–H groups in total. The zero-order valence-electron chi connectivity index (χ0n) is 17.5. The average Bonchev–Trinajstić information content (AvgIpc) is 2.93. The summed E-state index contributed by atoms with van der Waals surface area (Å²) in [6, 6.07) is 11.8. The van der Waals surface area contributed by atoms with Gasteiger partial charge in [-0.2, -0.15) is 0 Å². The fourth-order valence-electron chi connectivity index (χ4n) is 3.55. The van der Waals surface area contributed by atoms with Crippen molar-refractivity contribution in [2.75, 3.05) is 27.2 Å². The van der Waals surface area contributed by atoms with Gasteiger partial charge in [-0.05, 0) is 50.3 Å². The third-order valence-electron chi connectivity index (χ3n) is 5.38. The van der Waals surface area contributed by atoms with Gasteiger partial charge in [-0.15, -0.1) is 0 Å². The Hall–Kier alpha value is -2.97. The van der Waals surface area contributed by atoms with Gasteiger partial charge in [0.1, 0.15) is 17.9 Å². The molecular weight excluding hydrogens is 423 g/mol. The average molecular weight is 447 g/mol. The molecule has 0 spiro atoms. The van der Waals surface area contributed by atoms with Crippen LogP contribution in [0.25, 0.3) is 0 Å². The molecule has 2 atom stereocenters. The van der Waals surface area contributed by atoms with Gasteiger partial charge >= 0.3 is 6.03 Å². The van der Waals surface area contributed by atoms with Gasteiger partial charge in [-0.3, -0.25) is 14.5 Å². The number of imide groups is 1. The van der Waals surface area contributed by atoms with Gasteiger partial charge < -0.3 is 15.5 Å². The summed E-state index contributed by atoms with van der Waals surface area (Å²) in [5, 5.41) is 5.95. The molecule has 2 aromatic carbocycles. The van der Waals surface area contributed by atoms with E-state index in [0.29, 0.717) is 10.6 Å². The molecule has 7 nitrogen and oxygen atoms in total. The summed E-state index contributed by atoms with van der Waals surface area (Å²) < 4.78 is 13.2. The van der Waals surface area contributed by atoms with Gasteiger partial charge in [-0.25, -0.2) is 9.18 Å². The highest BCUT2D eigenvalue weighted by atomic mass is 35.5. The second kappa shape index (κ2) is 9.03. The Morgan fingerprint density at radius 3 is 2.45 bits per heavy atom. The molecule has 1 aliphatic rings. The molecule has 2 unspecified atom stereocenters. The Morgan fingerprint density at radius 2 is 1.84 bits per heavy atom. The lowest BCUT2D eigenvalue weighted by Gasteiger charge is -2.26. The zero-order chi connectivity index (χ0) is 22.8. The Labute approximate surface area is 185 Å². The van der Waals surface area contributed by atoms with Crippen molar-refractivity contribution in [3.63, 3.8) is 0 Å². The standard InChI is InChI=1S/C22H24ClFN4O3/c1-22(14-8-10-15(24)11-9-14)20(30)28(21(31)26-22)13-19(29)25-12-18(27(2)3)16-6-4-5-7-17(16)23/h4-11,18H,12-13H2,1-3H3,(H,25,29)(H,26,31). The Balaban J connectivity index is 1.67. The number of nitrogens with zero attached hydrogens (tertiary/aromatic N) is 2. The molecule has 0 bridgehead atoms. The van der Waals surface area contributed by atoms with Crippen LogP contribution in [0.1, 0.15) is 24.1 Å². The first-order valence-electron chi connectivity index (χ1n) is 9.71. The third kappa shape index (κ3) is 4.70. The van der Waals surface area contributed by atoms with Crippen molar-refractivity contribution in [1.29, 1.82) is 0 Å². The largest absolute Gasteiger partial charge is 0.353 e. The summed E-state index contributed by atoms with van der Waals surface area (Å²) in [4.78, 5) is 40.6. The normalized spacial score (nSPS) is 19.5. The van der Waals surface area contributed by atoms with Crippen LogP contribution >= 0.6 is 11.6 Å². The molecule has 9 heteroatoms. The molecule has 2 aromatic rings. The molecule has 1 aliphatic heterocycles. The van der Waals surface area contributed by atoms with Crippen molar-refractivity contribution in [2.45, 2.75) is 18.5 Å². The van der Waals surface area contributed by atoms with Crippen LogP contribution in [0.2, 0.25) is 5.02 Å². The molecule has 0 aromatic heterocycles. The minimum absolute atomic E-state index is 0.190. The van der Waals surface area contributed by atoms with Crippen molar-refractivity contribution in [1.82, 2.24) is 20.4 Å². The molecular formula is C22H24ClFN4O3. The highest BCUT2D eigenvalue weighted by Gasteiger charge is 2.49. The topological polar surface area (TPSA) is 81.8 Å². The first-order chi connectivity index (χ1) is 14.6. The summed E-state index contributed by atoms with van der Waals surface area (Å²) in [6.07, 6.45) is 0. The van der Waals surface area contributed by atoms with Crippen molar-refractivity contribution in [3.8, 4) is 0 Å². The molecule has 0 radical (unpaired) electrons. The number of amides is 4. The fourth-order valence-corrected chi connectivity index (χ4v) is 3.81. The Kier molecular flexibility index (Phi) is 6.62. The van der Waals surface area contributed by atoms with Crippen LogP contribution < -0.4 is 10.6 Å². The number of halogens is 2. The minimum Gasteiger partial charge on any atom is -0.353 e. The van der Waals surface area contributed by atoms with Crippen LogP contribution in [0.5, 0.6) is 0 Å². The summed E-state index contributed by atoms with van der Waals surface area (Å²) in [7, 11) is 3.73. The maximum atomic E-state index is 13.2. The smallest absolute Gasteiger partial charge is 0.325 e. The lowest BCUT2D eigenvalue weighted by molar-refractivity contribution is -0.134. The predicted molar refractivity (Wildman–Crippen MR) is 115 cm³/mol. The number of urea groups is 1. The van der Waals surface area contributed by atoms with Crippen LogP contribution in [-0.4, -0.2) is 54.8 Å². The minimum atomic E-state index is -1.37. The number of rotatable bonds is 7. The van der Waals surface area contributed by atoms with Crippen molar-refractivity contribution >= 4 is 29.4 Å². The molecule has 4 amide bonds. The van der Waals surface area contributed by atoms with Crippen LogP contribution in [-0.2, 0) is 15.1 Å². The van der Waals surface area contributed by atoms with E-state index in [2.05, 4.69) is 10.6 Å². The molecule has 0 saturated carbocycles. The molecule has 1 fully saturated rings. The van der Waals surface area contributed by atoms with Gasteiger partial charge in [0.15, 0.2) is 0 Å². The van der Waals surface area contributed by atoms with Crippen LogP contribution in [0.4, 0.5) is 9.18 Å². The van der Waals surface area contributed by atoms with E-state index in [1.165, 1.54) is 31.2 Å². The van der Waals surface area contributed by atoms with E-state index in [1.807, 2.05) is 37.2 Å². The van der Waals surface area contributed by atoms with E-state index in [9.17, 15) is 18.8 Å². The molecule has 0 aliphatic carbocycles. The lowest BCUT2D eigenvalue weighted by atomic mass is 9.92. The van der Waals surface area contributed by atoms with Gasteiger partial charge in [0, 0.05) is 11.6 Å². The number of benzene rings is 2. The number of carbonyl (C=O) groups is 3. The van der Waals surface area contributed by atoms with Gasteiger partial charge in [-0.1, -0.05) is 41.9 Å². The number of hydrogen-bond acceptors (Lipinski definition) is 4. The number of carbonyl (C=O) groups excluding carboxylic acids is 3. The summed E-state index contributed by atoms with van der Waals surface area (Å²) in [5.74, 6) is -1.50. The van der Waals surface area contributed by atoms with Crippen LogP contribution in [0.15, 0.2) is 48.5 Å². The number of likely N-dealkylation sites (N-methyl/N-ethyl adjacent to an activating group) is 1. The van der Waals surface area contributed by atoms with E-state index in [4.69, 9.17) is 11.6 Å². The highest BCUT2D eigenvalue weighted by Crippen LogP contribution is 2.29. The maximum Gasteiger partial charge on any atom is 0.325 e. The van der Waals surface area contributed by atoms with Gasteiger partial charge in [0.2, 0.25) is 5.91 Å². The summed E-state index contributed by atoms with van der Waals surface area (Å²) >= 11 is 6.28.